The minimum atomic E-state index is -4.45. The molecule has 1 aliphatic heterocycles. The van der Waals surface area contributed by atoms with E-state index in [-0.39, 0.29) is 17.8 Å². The predicted molar refractivity (Wildman–Crippen MR) is 98.6 cm³/mol. The van der Waals surface area contributed by atoms with E-state index in [0.717, 1.165) is 12.1 Å². The average molecular weight is 408 g/mol. The largest absolute Gasteiger partial charge is 0.416 e. The molecule has 2 aromatic carbocycles. The van der Waals surface area contributed by atoms with Crippen LogP contribution >= 0.6 is 0 Å². The van der Waals surface area contributed by atoms with Gasteiger partial charge in [-0.05, 0) is 36.6 Å². The number of carbonyl (C=O) groups excluding carboxylic acids is 1. The Balaban J connectivity index is 1.81. The molecule has 0 spiro atoms. The van der Waals surface area contributed by atoms with E-state index in [4.69, 9.17) is 4.74 Å². The zero-order chi connectivity index (χ0) is 21.1. The van der Waals surface area contributed by atoms with E-state index in [9.17, 15) is 28.1 Å². The molecule has 0 aliphatic carbocycles. The van der Waals surface area contributed by atoms with Crippen molar-refractivity contribution >= 4 is 11.6 Å². The minimum absolute atomic E-state index is 0.132. The van der Waals surface area contributed by atoms with Gasteiger partial charge in [0.05, 0.1) is 10.5 Å². The monoisotopic (exact) mass is 408 g/mol. The van der Waals surface area contributed by atoms with Crippen LogP contribution < -0.4 is 5.32 Å². The molecule has 1 fully saturated rings. The third-order valence-corrected chi connectivity index (χ3v) is 5.18. The van der Waals surface area contributed by atoms with Crippen molar-refractivity contribution in [2.24, 2.45) is 0 Å². The van der Waals surface area contributed by atoms with Gasteiger partial charge in [-0.25, -0.2) is 0 Å². The summed E-state index contributed by atoms with van der Waals surface area (Å²) in [6.07, 6.45) is -3.52. The molecule has 1 aliphatic rings. The summed E-state index contributed by atoms with van der Waals surface area (Å²) >= 11 is 0. The third kappa shape index (κ3) is 4.73. The summed E-state index contributed by atoms with van der Waals surface area (Å²) in [5.74, 6) is -0.447. The van der Waals surface area contributed by atoms with Crippen LogP contribution in [0.1, 0.15) is 34.3 Å². The van der Waals surface area contributed by atoms with E-state index < -0.39 is 28.0 Å². The molecule has 0 aromatic heterocycles. The number of ether oxygens (including phenoxy) is 1. The zero-order valence-corrected chi connectivity index (χ0v) is 15.4. The van der Waals surface area contributed by atoms with Crippen LogP contribution in [0.15, 0.2) is 48.5 Å². The van der Waals surface area contributed by atoms with Crippen molar-refractivity contribution in [2.45, 2.75) is 24.4 Å². The van der Waals surface area contributed by atoms with Crippen LogP contribution in [0, 0.1) is 10.1 Å². The van der Waals surface area contributed by atoms with Crippen LogP contribution in [0.5, 0.6) is 0 Å². The highest BCUT2D eigenvalue weighted by Gasteiger charge is 2.37. The molecule has 154 valence electrons. The highest BCUT2D eigenvalue weighted by molar-refractivity contribution is 5.94. The molecule has 0 radical (unpaired) electrons. The lowest BCUT2D eigenvalue weighted by Crippen LogP contribution is -2.44. The van der Waals surface area contributed by atoms with Crippen LogP contribution in [0.2, 0.25) is 0 Å². The number of non-ortho nitro benzene ring substituents is 1. The van der Waals surface area contributed by atoms with Gasteiger partial charge in [0.15, 0.2) is 0 Å². The third-order valence-electron chi connectivity index (χ3n) is 5.18. The van der Waals surface area contributed by atoms with E-state index in [2.05, 4.69) is 5.32 Å². The molecule has 2 aromatic rings. The molecule has 0 bridgehead atoms. The molecule has 29 heavy (non-hydrogen) atoms. The van der Waals surface area contributed by atoms with Gasteiger partial charge in [-0.3, -0.25) is 14.9 Å². The first-order valence-corrected chi connectivity index (χ1v) is 8.99. The lowest BCUT2D eigenvalue weighted by atomic mass is 9.73. The summed E-state index contributed by atoms with van der Waals surface area (Å²) in [5.41, 5.74) is -0.814. The summed E-state index contributed by atoms with van der Waals surface area (Å²) in [7, 11) is 0. The number of benzene rings is 2. The van der Waals surface area contributed by atoms with Crippen molar-refractivity contribution in [1.82, 2.24) is 5.32 Å². The highest BCUT2D eigenvalue weighted by atomic mass is 19.4. The summed E-state index contributed by atoms with van der Waals surface area (Å²) < 4.78 is 44.8. The Labute approximate surface area is 164 Å². The van der Waals surface area contributed by atoms with Gasteiger partial charge in [0.1, 0.15) is 0 Å². The number of carbonyl (C=O) groups is 1. The Bertz CT molecular complexity index is 891. The molecule has 3 rings (SSSR count). The van der Waals surface area contributed by atoms with Crippen molar-refractivity contribution in [3.8, 4) is 0 Å². The highest BCUT2D eigenvalue weighted by Crippen LogP contribution is 2.37. The van der Waals surface area contributed by atoms with Crippen molar-refractivity contribution < 1.29 is 27.6 Å². The van der Waals surface area contributed by atoms with Gasteiger partial charge in [0, 0.05) is 42.9 Å². The Morgan fingerprint density at radius 2 is 1.79 bits per heavy atom. The van der Waals surface area contributed by atoms with E-state index >= 15 is 0 Å². The van der Waals surface area contributed by atoms with Gasteiger partial charge in [0.2, 0.25) is 0 Å². The van der Waals surface area contributed by atoms with Crippen LogP contribution in [-0.4, -0.2) is 30.6 Å². The fourth-order valence-electron chi connectivity index (χ4n) is 3.44. The van der Waals surface area contributed by atoms with Crippen LogP contribution in [-0.2, 0) is 16.3 Å². The molecule has 9 heteroatoms. The summed E-state index contributed by atoms with van der Waals surface area (Å²) in [4.78, 5) is 22.6. The molecule has 1 amide bonds. The van der Waals surface area contributed by atoms with E-state index in [1.807, 2.05) is 0 Å². The predicted octanol–water partition coefficient (Wildman–Crippen LogP) is 4.09. The fourth-order valence-corrected chi connectivity index (χ4v) is 3.44. The molecule has 6 nitrogen and oxygen atoms in total. The van der Waals surface area contributed by atoms with E-state index in [1.165, 1.54) is 30.3 Å². The number of nitrogens with zero attached hydrogens (tertiary/aromatic N) is 1. The van der Waals surface area contributed by atoms with Crippen LogP contribution in [0.4, 0.5) is 18.9 Å². The fraction of sp³-hybridized carbons (Fsp3) is 0.350. The standard InChI is InChI=1S/C20H19F3N2O4/c21-20(22,23)16-3-1-2-15(12-16)19(8-10-29-11-9-19)13-24-18(26)14-4-6-17(7-5-14)25(27)28/h1-7,12H,8-11,13H2,(H,24,26). The maximum Gasteiger partial charge on any atom is 0.416 e. The summed E-state index contributed by atoms with van der Waals surface area (Å²) in [6, 6.07) is 10.3. The first-order valence-electron chi connectivity index (χ1n) is 8.99. The van der Waals surface area contributed by atoms with E-state index in [1.54, 1.807) is 6.07 Å². The molecule has 0 unspecified atom stereocenters. The maximum absolute atomic E-state index is 13.1. The molecular weight excluding hydrogens is 389 g/mol. The average Bonchev–Trinajstić information content (AvgIpc) is 2.72. The number of halogens is 3. The van der Waals surface area contributed by atoms with Crippen molar-refractivity contribution in [2.75, 3.05) is 19.8 Å². The number of hydrogen-bond acceptors (Lipinski definition) is 4. The number of nitro groups is 1. The second-order valence-corrected chi connectivity index (χ2v) is 6.96. The summed E-state index contributed by atoms with van der Waals surface area (Å²) in [6.45, 7) is 0.890. The minimum Gasteiger partial charge on any atom is -0.381 e. The molecule has 1 N–H and O–H groups in total. The lowest BCUT2D eigenvalue weighted by molar-refractivity contribution is -0.384. The first kappa shape index (κ1) is 20.8. The van der Waals surface area contributed by atoms with Crippen LogP contribution in [0.3, 0.4) is 0 Å². The number of nitro benzene ring substituents is 1. The zero-order valence-electron chi connectivity index (χ0n) is 15.4. The van der Waals surface area contributed by atoms with Gasteiger partial charge < -0.3 is 10.1 Å². The van der Waals surface area contributed by atoms with Gasteiger partial charge in [0.25, 0.3) is 11.6 Å². The van der Waals surface area contributed by atoms with Gasteiger partial charge in [-0.2, -0.15) is 13.2 Å². The smallest absolute Gasteiger partial charge is 0.381 e. The van der Waals surface area contributed by atoms with Crippen LogP contribution in [0.25, 0.3) is 0 Å². The first-order chi connectivity index (χ1) is 13.7. The van der Waals surface area contributed by atoms with Crippen molar-refractivity contribution in [1.29, 1.82) is 0 Å². The number of alkyl halides is 3. The quantitative estimate of drug-likeness (QED) is 0.597. The van der Waals surface area contributed by atoms with E-state index in [0.29, 0.717) is 31.6 Å². The Hall–Kier alpha value is -2.94. The molecule has 0 saturated carbocycles. The van der Waals surface area contributed by atoms with Gasteiger partial charge in [-0.15, -0.1) is 0 Å². The normalized spacial score (nSPS) is 16.2. The number of amides is 1. The summed E-state index contributed by atoms with van der Waals surface area (Å²) in [5, 5.41) is 13.5. The maximum atomic E-state index is 13.1. The van der Waals surface area contributed by atoms with Gasteiger partial charge >= 0.3 is 6.18 Å². The molecular formula is C20H19F3N2O4. The second kappa shape index (κ2) is 8.20. The lowest BCUT2D eigenvalue weighted by Gasteiger charge is -2.38. The molecule has 1 heterocycles. The second-order valence-electron chi connectivity index (χ2n) is 6.96. The molecule has 0 atom stereocenters. The molecule has 1 saturated heterocycles. The number of rotatable bonds is 5. The number of nitrogens with one attached hydrogen (secondary N) is 1. The van der Waals surface area contributed by atoms with Gasteiger partial charge in [-0.1, -0.05) is 18.2 Å². The topological polar surface area (TPSA) is 81.5 Å². The Kier molecular flexibility index (Phi) is 5.88. The Morgan fingerprint density at radius 1 is 1.14 bits per heavy atom. The SMILES string of the molecule is O=C(NCC1(c2cccc(C(F)(F)F)c2)CCOCC1)c1ccc([N+](=O)[O-])cc1. The van der Waals surface area contributed by atoms with Crippen molar-refractivity contribution in [3.05, 3.63) is 75.3 Å². The Morgan fingerprint density at radius 3 is 2.38 bits per heavy atom. The van der Waals surface area contributed by atoms with Crippen molar-refractivity contribution in [3.63, 3.8) is 0 Å². The number of hydrogen-bond donors (Lipinski definition) is 1.